The molecule has 0 saturated heterocycles. The first-order valence-corrected chi connectivity index (χ1v) is 11.2. The Morgan fingerprint density at radius 1 is 1.19 bits per heavy atom. The van der Waals surface area contributed by atoms with Crippen LogP contribution in [0, 0.1) is 23.2 Å². The van der Waals surface area contributed by atoms with Crippen molar-refractivity contribution in [2.75, 3.05) is 0 Å². The Balaban J connectivity index is 1.70. The van der Waals surface area contributed by atoms with Gasteiger partial charge in [-0.3, -0.25) is 4.79 Å². The van der Waals surface area contributed by atoms with Crippen LogP contribution in [0.2, 0.25) is 0 Å². The van der Waals surface area contributed by atoms with E-state index in [-0.39, 0.29) is 11.7 Å². The van der Waals surface area contributed by atoms with Crippen LogP contribution in [0.1, 0.15) is 85.0 Å². The molecule has 0 aromatic heterocycles. The first kappa shape index (κ1) is 20.4. The second-order valence-electron chi connectivity index (χ2n) is 9.49. The molecule has 3 aliphatic carbocycles. The third kappa shape index (κ3) is 4.55. The summed E-state index contributed by atoms with van der Waals surface area (Å²) in [4.78, 5) is 11.5. The van der Waals surface area contributed by atoms with Gasteiger partial charge in [-0.15, -0.1) is 0 Å². The molecule has 4 atom stereocenters. The van der Waals surface area contributed by atoms with Gasteiger partial charge in [0.05, 0.1) is 0 Å². The van der Waals surface area contributed by atoms with Crippen LogP contribution < -0.4 is 0 Å². The van der Waals surface area contributed by atoms with Crippen LogP contribution in [0.4, 0.5) is 0 Å². The summed E-state index contributed by atoms with van der Waals surface area (Å²) in [7, 11) is 0. The van der Waals surface area contributed by atoms with Crippen molar-refractivity contribution in [2.45, 2.75) is 85.0 Å². The topological polar surface area (TPSA) is 17.1 Å². The van der Waals surface area contributed by atoms with Crippen molar-refractivity contribution in [3.8, 4) is 0 Å². The summed E-state index contributed by atoms with van der Waals surface area (Å²) in [6.45, 7) is 10.5. The molecule has 1 nitrogen and oxygen atoms in total. The Bertz CT molecular complexity index is 662. The molecular weight excluding hydrogens is 328 g/mol. The molecule has 0 spiro atoms. The summed E-state index contributed by atoms with van der Waals surface area (Å²) < 4.78 is 0. The van der Waals surface area contributed by atoms with Crippen molar-refractivity contribution in [1.82, 2.24) is 0 Å². The largest absolute Gasteiger partial charge is 0.299 e. The lowest BCUT2D eigenvalue weighted by atomic mass is 9.63. The highest BCUT2D eigenvalue weighted by Gasteiger charge is 2.48. The van der Waals surface area contributed by atoms with E-state index in [0.29, 0.717) is 5.41 Å². The summed E-state index contributed by atoms with van der Waals surface area (Å²) in [5, 5.41) is 0. The fourth-order valence-corrected chi connectivity index (χ4v) is 5.72. The molecule has 3 fully saturated rings. The minimum Gasteiger partial charge on any atom is -0.299 e. The van der Waals surface area contributed by atoms with E-state index in [1.54, 1.807) is 12.5 Å². The van der Waals surface area contributed by atoms with Gasteiger partial charge in [-0.2, -0.15) is 0 Å². The molecule has 0 bridgehead atoms. The molecule has 0 aliphatic heterocycles. The molecule has 148 valence electrons. The van der Waals surface area contributed by atoms with Gasteiger partial charge in [-0.05, 0) is 94.0 Å². The molecular formula is C26H38O. The minimum atomic E-state index is 0.0621. The highest BCUT2D eigenvalue weighted by Crippen LogP contribution is 2.58. The molecule has 0 amide bonds. The highest BCUT2D eigenvalue weighted by molar-refractivity contribution is 5.79. The predicted molar refractivity (Wildman–Crippen MR) is 116 cm³/mol. The number of fused-ring (bicyclic) bond motifs is 1. The van der Waals surface area contributed by atoms with Gasteiger partial charge in [0.2, 0.25) is 0 Å². The predicted octanol–water partition coefficient (Wildman–Crippen LogP) is 7.36. The maximum Gasteiger partial charge on any atom is 0.136 e. The fraction of sp³-hybridized carbons (Fsp3) is 0.654. The van der Waals surface area contributed by atoms with Crippen LogP contribution in [-0.4, -0.2) is 5.78 Å². The number of ketones is 1. The lowest BCUT2D eigenvalue weighted by Gasteiger charge is -2.42. The second-order valence-corrected chi connectivity index (χ2v) is 9.49. The summed E-state index contributed by atoms with van der Waals surface area (Å²) in [5.74, 6) is 1.84. The molecule has 2 unspecified atom stereocenters. The summed E-state index contributed by atoms with van der Waals surface area (Å²) in [5.41, 5.74) is 5.00. The van der Waals surface area contributed by atoms with Crippen molar-refractivity contribution in [3.05, 3.63) is 47.6 Å². The van der Waals surface area contributed by atoms with E-state index in [2.05, 4.69) is 37.8 Å². The summed E-state index contributed by atoms with van der Waals surface area (Å²) >= 11 is 0. The van der Waals surface area contributed by atoms with Crippen molar-refractivity contribution in [1.29, 1.82) is 0 Å². The van der Waals surface area contributed by atoms with Gasteiger partial charge in [0.1, 0.15) is 5.78 Å². The van der Waals surface area contributed by atoms with Gasteiger partial charge in [-0.1, -0.05) is 55.9 Å². The maximum absolute atomic E-state index is 11.5. The molecule has 1 heteroatoms. The summed E-state index contributed by atoms with van der Waals surface area (Å²) in [6, 6.07) is 0. The van der Waals surface area contributed by atoms with Gasteiger partial charge in [0.15, 0.2) is 0 Å². The first-order chi connectivity index (χ1) is 12.9. The van der Waals surface area contributed by atoms with E-state index in [4.69, 9.17) is 0 Å². The first-order valence-electron chi connectivity index (χ1n) is 11.2. The van der Waals surface area contributed by atoms with Crippen LogP contribution in [0.15, 0.2) is 47.6 Å². The summed E-state index contributed by atoms with van der Waals surface area (Å²) in [6.07, 6.45) is 22.1. The normalized spacial score (nSPS) is 35.7. The maximum atomic E-state index is 11.5. The van der Waals surface area contributed by atoms with Crippen LogP contribution in [0.25, 0.3) is 0 Å². The molecule has 0 aromatic rings. The van der Waals surface area contributed by atoms with E-state index in [0.717, 1.165) is 18.3 Å². The molecule has 0 radical (unpaired) electrons. The van der Waals surface area contributed by atoms with Crippen molar-refractivity contribution >= 4 is 5.78 Å². The lowest BCUT2D eigenvalue weighted by Crippen LogP contribution is -2.33. The zero-order valence-corrected chi connectivity index (χ0v) is 17.7. The Morgan fingerprint density at radius 3 is 2.70 bits per heavy atom. The average Bonchev–Trinajstić information content (AvgIpc) is 2.98. The Hall–Kier alpha value is -1.37. The zero-order valence-electron chi connectivity index (χ0n) is 17.7. The van der Waals surface area contributed by atoms with Gasteiger partial charge >= 0.3 is 0 Å². The number of allylic oxidation sites excluding steroid dienone is 7. The quantitative estimate of drug-likeness (QED) is 0.465. The third-order valence-electron chi connectivity index (χ3n) is 7.77. The Labute approximate surface area is 166 Å². The molecule has 0 N–H and O–H groups in total. The lowest BCUT2D eigenvalue weighted by molar-refractivity contribution is -0.118. The van der Waals surface area contributed by atoms with Crippen LogP contribution in [0.3, 0.4) is 0 Å². The Morgan fingerprint density at radius 2 is 1.96 bits per heavy atom. The van der Waals surface area contributed by atoms with Crippen molar-refractivity contribution in [3.63, 3.8) is 0 Å². The molecule has 27 heavy (non-hydrogen) atoms. The Kier molecular flexibility index (Phi) is 6.61. The van der Waals surface area contributed by atoms with Crippen LogP contribution >= 0.6 is 0 Å². The van der Waals surface area contributed by atoms with Gasteiger partial charge in [0, 0.05) is 5.92 Å². The number of Topliss-reactive ketones (excluding diaryl/α,β-unsaturated/α-hetero) is 1. The third-order valence-corrected chi connectivity index (χ3v) is 7.77. The molecule has 3 aliphatic rings. The minimum absolute atomic E-state index is 0.0621. The van der Waals surface area contributed by atoms with E-state index >= 15 is 0 Å². The molecule has 0 aromatic carbocycles. The van der Waals surface area contributed by atoms with E-state index in [1.807, 2.05) is 6.92 Å². The molecule has 3 saturated carbocycles. The highest BCUT2D eigenvalue weighted by atomic mass is 16.1. The number of hydrogen-bond acceptors (Lipinski definition) is 1. The molecule has 0 heterocycles. The monoisotopic (exact) mass is 366 g/mol. The smallest absolute Gasteiger partial charge is 0.136 e. The number of carbonyl (C=O) groups excluding carboxylic acids is 1. The SMILES string of the molecule is C=C1CCCC/C1=C/C=C1\CCC[C@]2(C)C(C/C=C/[C@@H](C)C(C)=O)CCC12. The standard InChI is InChI=1S/C26H38O/c1-19(21(3)27)10-7-13-24-16-17-25-23(12-8-18-26(24,25)4)15-14-22-11-6-5-9-20(22)2/h7,10,14-15,19,24-25H,2,5-6,8-9,11-13,16-18H2,1,3-4H3/b10-7+,22-14-,23-15+/t19-,24?,25?,26-/m1/s1. The number of carbonyl (C=O) groups is 1. The van der Waals surface area contributed by atoms with E-state index in [1.165, 1.54) is 68.9 Å². The average molecular weight is 367 g/mol. The number of rotatable bonds is 5. The number of hydrogen-bond donors (Lipinski definition) is 0. The fourth-order valence-electron chi connectivity index (χ4n) is 5.72. The molecule has 3 rings (SSSR count). The zero-order chi connectivity index (χ0) is 19.4. The van der Waals surface area contributed by atoms with Crippen LogP contribution in [0.5, 0.6) is 0 Å². The van der Waals surface area contributed by atoms with Gasteiger partial charge in [0.25, 0.3) is 0 Å². The second kappa shape index (κ2) is 8.76. The van der Waals surface area contributed by atoms with Gasteiger partial charge in [-0.25, -0.2) is 0 Å². The van der Waals surface area contributed by atoms with E-state index < -0.39 is 0 Å². The van der Waals surface area contributed by atoms with E-state index in [9.17, 15) is 4.79 Å². The van der Waals surface area contributed by atoms with Crippen molar-refractivity contribution in [2.24, 2.45) is 23.2 Å². The van der Waals surface area contributed by atoms with Gasteiger partial charge < -0.3 is 0 Å². The van der Waals surface area contributed by atoms with Crippen LogP contribution in [-0.2, 0) is 4.79 Å². The van der Waals surface area contributed by atoms with Crippen molar-refractivity contribution < 1.29 is 4.79 Å².